The number of hydrogen-bond acceptors (Lipinski definition) is 5. The number of hydrogen-bond donors (Lipinski definition) is 2. The number of nitrogens with zero attached hydrogens (tertiary/aromatic N) is 1. The smallest absolute Gasteiger partial charge is 0.340 e. The monoisotopic (exact) mass is 257 g/mol. The highest BCUT2D eigenvalue weighted by molar-refractivity contribution is 5.97. The number of nitrogen functional groups attached to an aromatic ring is 1. The van der Waals surface area contributed by atoms with E-state index in [4.69, 9.17) is 10.5 Å². The number of carbonyl (C=O) groups excluding carboxylic acids is 1. The minimum Gasteiger partial charge on any atom is -0.465 e. The average molecular weight is 257 g/mol. The first kappa shape index (κ1) is 12.9. The number of nitrogens with two attached hydrogens (primary N) is 1. The maximum Gasteiger partial charge on any atom is 0.340 e. The fourth-order valence-corrected chi connectivity index (χ4v) is 1.73. The summed E-state index contributed by atoms with van der Waals surface area (Å²) in [7, 11) is 1.34. The third kappa shape index (κ3) is 3.01. The molecule has 19 heavy (non-hydrogen) atoms. The van der Waals surface area contributed by atoms with Crippen LogP contribution >= 0.6 is 0 Å². The molecule has 1 heterocycles. The summed E-state index contributed by atoms with van der Waals surface area (Å²) < 4.78 is 4.74. The Labute approximate surface area is 111 Å². The van der Waals surface area contributed by atoms with Crippen molar-refractivity contribution in [2.45, 2.75) is 6.92 Å². The maximum absolute atomic E-state index is 11.7. The number of ether oxygens (including phenoxy) is 1. The number of benzene rings is 1. The zero-order chi connectivity index (χ0) is 13.8. The minimum absolute atomic E-state index is 0.393. The van der Waals surface area contributed by atoms with Gasteiger partial charge in [-0.05, 0) is 36.8 Å². The van der Waals surface area contributed by atoms with Gasteiger partial charge in [-0.2, -0.15) is 0 Å². The largest absolute Gasteiger partial charge is 0.465 e. The number of nitrogens with one attached hydrogen (secondary N) is 1. The highest BCUT2D eigenvalue weighted by Crippen LogP contribution is 2.23. The number of pyridine rings is 1. The highest BCUT2D eigenvalue weighted by Gasteiger charge is 2.12. The predicted octanol–water partition coefficient (Wildman–Crippen LogP) is 2.50. The van der Waals surface area contributed by atoms with E-state index >= 15 is 0 Å². The lowest BCUT2D eigenvalue weighted by molar-refractivity contribution is 0.0602. The molecule has 0 saturated heterocycles. The molecule has 1 aromatic heterocycles. The molecule has 0 aliphatic rings. The average Bonchev–Trinajstić information content (AvgIpc) is 2.40. The maximum atomic E-state index is 11.7. The van der Waals surface area contributed by atoms with Crippen LogP contribution in [0.25, 0.3) is 0 Å². The van der Waals surface area contributed by atoms with Gasteiger partial charge in [0, 0.05) is 11.9 Å². The summed E-state index contributed by atoms with van der Waals surface area (Å²) in [4.78, 5) is 15.8. The van der Waals surface area contributed by atoms with Crippen molar-refractivity contribution < 1.29 is 9.53 Å². The topological polar surface area (TPSA) is 77.2 Å². The van der Waals surface area contributed by atoms with Crippen molar-refractivity contribution in [2.24, 2.45) is 0 Å². The Hall–Kier alpha value is -2.56. The van der Waals surface area contributed by atoms with Crippen LogP contribution in [0.5, 0.6) is 0 Å². The first-order valence-corrected chi connectivity index (χ1v) is 5.76. The van der Waals surface area contributed by atoms with E-state index in [0.29, 0.717) is 16.9 Å². The van der Waals surface area contributed by atoms with Crippen molar-refractivity contribution in [1.82, 2.24) is 4.98 Å². The Morgan fingerprint density at radius 2 is 2.11 bits per heavy atom. The molecule has 2 aromatic rings. The van der Waals surface area contributed by atoms with Crippen LogP contribution in [0.1, 0.15) is 15.9 Å². The second-order valence-electron chi connectivity index (χ2n) is 4.17. The van der Waals surface area contributed by atoms with Crippen LogP contribution in [-0.4, -0.2) is 18.1 Å². The Bertz CT molecular complexity index is 611. The van der Waals surface area contributed by atoms with Crippen LogP contribution in [-0.2, 0) is 4.74 Å². The molecule has 0 fully saturated rings. The summed E-state index contributed by atoms with van der Waals surface area (Å²) >= 11 is 0. The Morgan fingerprint density at radius 3 is 2.79 bits per heavy atom. The van der Waals surface area contributed by atoms with Gasteiger partial charge in [0.25, 0.3) is 0 Å². The highest BCUT2D eigenvalue weighted by atomic mass is 16.5. The van der Waals surface area contributed by atoms with Gasteiger partial charge in [-0.25, -0.2) is 4.79 Å². The first-order chi connectivity index (χ1) is 9.10. The summed E-state index contributed by atoms with van der Waals surface area (Å²) in [6.45, 7) is 1.95. The van der Waals surface area contributed by atoms with E-state index in [0.717, 1.165) is 11.3 Å². The second kappa shape index (κ2) is 5.39. The van der Waals surface area contributed by atoms with Gasteiger partial charge < -0.3 is 15.8 Å². The van der Waals surface area contributed by atoms with Gasteiger partial charge >= 0.3 is 5.97 Å². The molecular weight excluding hydrogens is 242 g/mol. The summed E-state index contributed by atoms with van der Waals surface area (Å²) in [5, 5.41) is 3.14. The van der Waals surface area contributed by atoms with E-state index in [1.807, 2.05) is 13.0 Å². The summed E-state index contributed by atoms with van der Waals surface area (Å²) in [5.74, 6) is -0.435. The van der Waals surface area contributed by atoms with Crippen molar-refractivity contribution in [3.05, 3.63) is 47.8 Å². The van der Waals surface area contributed by atoms with Crippen molar-refractivity contribution in [3.8, 4) is 0 Å². The molecule has 98 valence electrons. The van der Waals surface area contributed by atoms with E-state index in [-0.39, 0.29) is 0 Å². The molecule has 0 aliphatic heterocycles. The molecule has 2 rings (SSSR count). The minimum atomic E-state index is -0.435. The Balaban J connectivity index is 2.37. The number of anilines is 3. The molecule has 5 nitrogen and oxygen atoms in total. The lowest BCUT2D eigenvalue weighted by Gasteiger charge is -2.11. The third-order valence-electron chi connectivity index (χ3n) is 2.60. The van der Waals surface area contributed by atoms with Crippen LogP contribution in [0.4, 0.5) is 17.1 Å². The standard InChI is InChI=1S/C14H15N3O2/c1-9-5-11(8-16-7-9)17-13-4-3-10(15)6-12(13)14(18)19-2/h3-8,17H,15H2,1-2H3. The summed E-state index contributed by atoms with van der Waals surface area (Å²) in [6.07, 6.45) is 3.44. The van der Waals surface area contributed by atoms with E-state index < -0.39 is 5.97 Å². The van der Waals surface area contributed by atoms with Gasteiger partial charge in [0.15, 0.2) is 0 Å². The van der Waals surface area contributed by atoms with Crippen LogP contribution in [0.15, 0.2) is 36.7 Å². The summed E-state index contributed by atoms with van der Waals surface area (Å²) in [5.41, 5.74) is 9.05. The fourth-order valence-electron chi connectivity index (χ4n) is 1.73. The number of rotatable bonds is 3. The van der Waals surface area contributed by atoms with Crippen molar-refractivity contribution >= 4 is 23.0 Å². The van der Waals surface area contributed by atoms with E-state index in [2.05, 4.69) is 10.3 Å². The molecule has 0 amide bonds. The number of aryl methyl sites for hydroxylation is 1. The van der Waals surface area contributed by atoms with Gasteiger partial charge in [-0.3, -0.25) is 4.98 Å². The van der Waals surface area contributed by atoms with Gasteiger partial charge in [0.05, 0.1) is 30.2 Å². The van der Waals surface area contributed by atoms with Gasteiger partial charge in [-0.1, -0.05) is 0 Å². The molecule has 0 atom stereocenters. The molecule has 0 unspecified atom stereocenters. The Kier molecular flexibility index (Phi) is 3.66. The molecule has 3 N–H and O–H groups in total. The first-order valence-electron chi connectivity index (χ1n) is 5.76. The van der Waals surface area contributed by atoms with E-state index in [1.54, 1.807) is 30.6 Å². The van der Waals surface area contributed by atoms with Crippen LogP contribution in [0, 0.1) is 6.92 Å². The lowest BCUT2D eigenvalue weighted by Crippen LogP contribution is -2.06. The molecule has 1 aromatic carbocycles. The molecular formula is C14H15N3O2. The van der Waals surface area contributed by atoms with E-state index in [1.165, 1.54) is 7.11 Å². The quantitative estimate of drug-likeness (QED) is 0.652. The normalized spacial score (nSPS) is 10.0. The molecule has 0 bridgehead atoms. The lowest BCUT2D eigenvalue weighted by atomic mass is 10.1. The van der Waals surface area contributed by atoms with Crippen molar-refractivity contribution in [3.63, 3.8) is 0 Å². The van der Waals surface area contributed by atoms with Crippen molar-refractivity contribution in [1.29, 1.82) is 0 Å². The van der Waals surface area contributed by atoms with Gasteiger partial charge in [0.2, 0.25) is 0 Å². The summed E-state index contributed by atoms with van der Waals surface area (Å²) in [6, 6.07) is 6.98. The zero-order valence-electron chi connectivity index (χ0n) is 10.8. The molecule has 0 radical (unpaired) electrons. The van der Waals surface area contributed by atoms with Gasteiger partial charge in [0.1, 0.15) is 0 Å². The van der Waals surface area contributed by atoms with Crippen molar-refractivity contribution in [2.75, 3.05) is 18.2 Å². The van der Waals surface area contributed by atoms with Crippen LogP contribution < -0.4 is 11.1 Å². The van der Waals surface area contributed by atoms with E-state index in [9.17, 15) is 4.79 Å². The van der Waals surface area contributed by atoms with Crippen LogP contribution in [0.3, 0.4) is 0 Å². The van der Waals surface area contributed by atoms with Crippen LogP contribution in [0.2, 0.25) is 0 Å². The molecule has 0 saturated carbocycles. The molecule has 5 heteroatoms. The predicted molar refractivity (Wildman–Crippen MR) is 74.5 cm³/mol. The second-order valence-corrected chi connectivity index (χ2v) is 4.17. The third-order valence-corrected chi connectivity index (χ3v) is 2.60. The molecule has 0 spiro atoms. The zero-order valence-corrected chi connectivity index (χ0v) is 10.8. The fraction of sp³-hybridized carbons (Fsp3) is 0.143. The van der Waals surface area contributed by atoms with Gasteiger partial charge in [-0.15, -0.1) is 0 Å². The number of carbonyl (C=O) groups is 1. The number of esters is 1. The number of methoxy groups -OCH3 is 1. The SMILES string of the molecule is COC(=O)c1cc(N)ccc1Nc1cncc(C)c1. The Morgan fingerprint density at radius 1 is 1.32 bits per heavy atom. The molecule has 0 aliphatic carbocycles. The number of aromatic nitrogens is 1.